The lowest BCUT2D eigenvalue weighted by Crippen LogP contribution is -2.31. The van der Waals surface area contributed by atoms with E-state index in [-0.39, 0.29) is 31.1 Å². The first-order valence-electron chi connectivity index (χ1n) is 11.1. The highest BCUT2D eigenvalue weighted by atomic mass is 32.2. The van der Waals surface area contributed by atoms with E-state index in [0.717, 1.165) is 5.69 Å². The quantitative estimate of drug-likeness (QED) is 0.301. The maximum atomic E-state index is 13.0. The van der Waals surface area contributed by atoms with Crippen molar-refractivity contribution in [1.29, 1.82) is 0 Å². The number of carbonyl (C=O) groups is 4. The van der Waals surface area contributed by atoms with Crippen molar-refractivity contribution in [3.8, 4) is 0 Å². The lowest BCUT2D eigenvalue weighted by molar-refractivity contribution is -0.138. The molecular formula is C26H22N4O5S. The second-order valence-corrected chi connectivity index (χ2v) is 9.18. The Labute approximate surface area is 211 Å². The van der Waals surface area contributed by atoms with E-state index < -0.39 is 17.1 Å². The topological polar surface area (TPSA) is 128 Å². The molecule has 10 heteroatoms. The summed E-state index contributed by atoms with van der Waals surface area (Å²) in [7, 11) is 0. The first-order chi connectivity index (χ1) is 17.4. The van der Waals surface area contributed by atoms with E-state index in [1.54, 1.807) is 48.5 Å². The van der Waals surface area contributed by atoms with Gasteiger partial charge >= 0.3 is 5.97 Å². The first kappa shape index (κ1) is 24.8. The molecule has 3 aromatic rings. The zero-order valence-corrected chi connectivity index (χ0v) is 19.9. The number of carbonyl (C=O) groups excluding carboxylic acids is 3. The van der Waals surface area contributed by atoms with Gasteiger partial charge in [0.25, 0.3) is 0 Å². The van der Waals surface area contributed by atoms with E-state index in [4.69, 9.17) is 5.11 Å². The molecule has 1 aliphatic rings. The van der Waals surface area contributed by atoms with Crippen molar-refractivity contribution < 1.29 is 24.3 Å². The largest absolute Gasteiger partial charge is 0.481 e. The summed E-state index contributed by atoms with van der Waals surface area (Å²) in [5.74, 6) is -2.08. The Kier molecular flexibility index (Phi) is 7.86. The van der Waals surface area contributed by atoms with Crippen LogP contribution in [0.25, 0.3) is 0 Å². The molecule has 1 fully saturated rings. The van der Waals surface area contributed by atoms with Crippen LogP contribution in [0.3, 0.4) is 0 Å². The summed E-state index contributed by atoms with van der Waals surface area (Å²) < 4.78 is 0. The summed E-state index contributed by atoms with van der Waals surface area (Å²) >= 11 is 1.24. The number of azo groups is 1. The van der Waals surface area contributed by atoms with Crippen LogP contribution >= 0.6 is 11.8 Å². The molecule has 0 radical (unpaired) electrons. The number of benzene rings is 3. The summed E-state index contributed by atoms with van der Waals surface area (Å²) in [6.07, 6.45) is -0.344. The number of hydrogen-bond acceptors (Lipinski definition) is 7. The average Bonchev–Trinajstić information content (AvgIpc) is 3.15. The highest BCUT2D eigenvalue weighted by Crippen LogP contribution is 2.35. The van der Waals surface area contributed by atoms with Gasteiger partial charge in [-0.15, -0.1) is 11.8 Å². The third-order valence-electron chi connectivity index (χ3n) is 5.21. The number of hydrogen-bond donors (Lipinski definition) is 2. The number of nitrogens with one attached hydrogen (secondary N) is 1. The Balaban J connectivity index is 1.39. The van der Waals surface area contributed by atoms with E-state index in [0.29, 0.717) is 22.0 Å². The van der Waals surface area contributed by atoms with Gasteiger partial charge in [0.2, 0.25) is 17.7 Å². The van der Waals surface area contributed by atoms with Gasteiger partial charge in [-0.3, -0.25) is 19.2 Å². The van der Waals surface area contributed by atoms with E-state index in [9.17, 15) is 19.2 Å². The predicted molar refractivity (Wildman–Crippen MR) is 136 cm³/mol. The number of thioether (sulfide) groups is 1. The smallest absolute Gasteiger partial charge is 0.303 e. The van der Waals surface area contributed by atoms with Crippen molar-refractivity contribution in [3.05, 3.63) is 78.9 Å². The van der Waals surface area contributed by atoms with Crippen LogP contribution in [0.2, 0.25) is 0 Å². The van der Waals surface area contributed by atoms with Crippen LogP contribution in [0.1, 0.15) is 19.3 Å². The second-order valence-electron chi connectivity index (χ2n) is 7.90. The Morgan fingerprint density at radius 1 is 0.917 bits per heavy atom. The molecule has 3 amide bonds. The van der Waals surface area contributed by atoms with E-state index in [1.807, 2.05) is 30.3 Å². The molecule has 3 aromatic carbocycles. The lowest BCUT2D eigenvalue weighted by atomic mass is 10.2. The van der Waals surface area contributed by atoms with Crippen LogP contribution in [-0.2, 0) is 19.2 Å². The lowest BCUT2D eigenvalue weighted by Gasteiger charge is -2.15. The minimum absolute atomic E-state index is 0.0498. The van der Waals surface area contributed by atoms with Gasteiger partial charge in [0.15, 0.2) is 0 Å². The molecule has 1 atom stereocenters. The summed E-state index contributed by atoms with van der Waals surface area (Å²) in [6.45, 7) is 0. The third-order valence-corrected chi connectivity index (χ3v) is 6.39. The number of nitrogens with zero attached hydrogens (tertiary/aromatic N) is 3. The number of amides is 3. The van der Waals surface area contributed by atoms with Crippen molar-refractivity contribution in [1.82, 2.24) is 0 Å². The molecule has 1 aliphatic heterocycles. The molecule has 0 spiro atoms. The molecule has 36 heavy (non-hydrogen) atoms. The molecule has 1 saturated heterocycles. The average molecular weight is 503 g/mol. The normalized spacial score (nSPS) is 15.4. The fraction of sp³-hybridized carbons (Fsp3) is 0.154. The summed E-state index contributed by atoms with van der Waals surface area (Å²) in [6, 6.07) is 22.9. The Hall–Kier alpha value is -4.31. The molecule has 0 saturated carbocycles. The summed E-state index contributed by atoms with van der Waals surface area (Å²) in [5, 5.41) is 19.1. The van der Waals surface area contributed by atoms with Gasteiger partial charge in [-0.1, -0.05) is 24.3 Å². The third kappa shape index (κ3) is 6.42. The number of rotatable bonds is 9. The van der Waals surface area contributed by atoms with Crippen molar-refractivity contribution in [3.63, 3.8) is 0 Å². The number of carboxylic acid groups (broad SMARTS) is 1. The molecule has 1 unspecified atom stereocenters. The molecule has 4 rings (SSSR count). The minimum atomic E-state index is -1.05. The summed E-state index contributed by atoms with van der Waals surface area (Å²) in [5.41, 5.74) is 2.26. The first-order valence-corrected chi connectivity index (χ1v) is 12.0. The Bertz CT molecular complexity index is 1310. The molecule has 0 aromatic heterocycles. The second kappa shape index (κ2) is 11.4. The van der Waals surface area contributed by atoms with Gasteiger partial charge in [0.05, 0.1) is 28.7 Å². The number of aliphatic carboxylic acids is 1. The standard InChI is InChI=1S/C26H22N4O5S/c31-23(13-14-25(33)34)27-19-7-4-8-21(15-19)36-22-16-24(32)30(26(22)35)20-11-9-18(10-12-20)29-28-17-5-2-1-3-6-17/h1-12,15,22H,13-14,16H2,(H,27,31)(H,33,34). The van der Waals surface area contributed by atoms with Crippen molar-refractivity contribution >= 4 is 58.2 Å². The maximum absolute atomic E-state index is 13.0. The van der Waals surface area contributed by atoms with E-state index in [2.05, 4.69) is 15.5 Å². The molecule has 182 valence electrons. The number of anilines is 2. The fourth-order valence-corrected chi connectivity index (χ4v) is 4.61. The van der Waals surface area contributed by atoms with Crippen LogP contribution in [0.5, 0.6) is 0 Å². The monoisotopic (exact) mass is 502 g/mol. The van der Waals surface area contributed by atoms with Crippen molar-refractivity contribution in [2.75, 3.05) is 10.2 Å². The highest BCUT2D eigenvalue weighted by molar-refractivity contribution is 8.00. The maximum Gasteiger partial charge on any atom is 0.303 e. The number of carboxylic acids is 1. The van der Waals surface area contributed by atoms with Crippen LogP contribution in [0.15, 0.2) is 94.0 Å². The molecular weight excluding hydrogens is 480 g/mol. The molecule has 2 N–H and O–H groups in total. The predicted octanol–water partition coefficient (Wildman–Crippen LogP) is 5.33. The van der Waals surface area contributed by atoms with Gasteiger partial charge in [0, 0.05) is 23.4 Å². The minimum Gasteiger partial charge on any atom is -0.481 e. The molecule has 0 aliphatic carbocycles. The van der Waals surface area contributed by atoms with Gasteiger partial charge in [0.1, 0.15) is 0 Å². The SMILES string of the molecule is O=C(O)CCC(=O)Nc1cccc(SC2CC(=O)N(c3ccc(N=Nc4ccccc4)cc3)C2=O)c1. The molecule has 9 nitrogen and oxygen atoms in total. The van der Waals surface area contributed by atoms with Gasteiger partial charge < -0.3 is 10.4 Å². The zero-order chi connectivity index (χ0) is 25.5. The van der Waals surface area contributed by atoms with Crippen LogP contribution < -0.4 is 10.2 Å². The Morgan fingerprint density at radius 2 is 1.61 bits per heavy atom. The van der Waals surface area contributed by atoms with E-state index in [1.165, 1.54) is 16.7 Å². The molecule has 0 bridgehead atoms. The van der Waals surface area contributed by atoms with Gasteiger partial charge in [-0.2, -0.15) is 10.2 Å². The summed E-state index contributed by atoms with van der Waals surface area (Å²) in [4.78, 5) is 50.1. The van der Waals surface area contributed by atoms with Crippen molar-refractivity contribution in [2.24, 2.45) is 10.2 Å². The van der Waals surface area contributed by atoms with E-state index >= 15 is 0 Å². The van der Waals surface area contributed by atoms with Gasteiger partial charge in [-0.25, -0.2) is 4.90 Å². The van der Waals surface area contributed by atoms with Crippen LogP contribution in [0, 0.1) is 0 Å². The van der Waals surface area contributed by atoms with Crippen molar-refractivity contribution in [2.45, 2.75) is 29.4 Å². The fourth-order valence-electron chi connectivity index (χ4n) is 3.50. The van der Waals surface area contributed by atoms with Crippen LogP contribution in [-0.4, -0.2) is 34.0 Å². The molecule has 1 heterocycles. The highest BCUT2D eigenvalue weighted by Gasteiger charge is 2.40. The zero-order valence-electron chi connectivity index (χ0n) is 19.0. The number of imide groups is 1. The Morgan fingerprint density at radius 3 is 2.31 bits per heavy atom. The van der Waals surface area contributed by atoms with Gasteiger partial charge in [-0.05, 0) is 54.6 Å². The van der Waals surface area contributed by atoms with Crippen LogP contribution in [0.4, 0.5) is 22.7 Å².